The molecule has 4 amide bonds. The van der Waals surface area contributed by atoms with Crippen LogP contribution < -0.4 is 19.6 Å². The van der Waals surface area contributed by atoms with Gasteiger partial charge in [0.05, 0.1) is 61.8 Å². The standard InChI is InChI=1S/C42H37Cl2N3O8/c1-53-26-12-9-24(10-13-26)42-30(39(50)47(41(42)52)45-32-16-11-25(43)19-31(32)44)20-29-27(36(42)23-17-33(54-2)37(48)34(18-23)55-3)14-15-28-35(29)40(51)46(38(28)49)21-22-7-5-4-6-8-22/h4-14,16-19,28-30,35-36,45,48H,15,20-21H2,1-3H3. The summed E-state index contributed by atoms with van der Waals surface area (Å²) in [5.74, 6) is -5.13. The molecule has 4 aliphatic rings. The SMILES string of the molecule is COc1ccc(C23C(=O)N(Nc4ccc(Cl)cc4Cl)C(=O)C2CC2C(=CCC4C(=O)N(Cc5ccccc5)C(=O)C42)C3c2cc(OC)c(O)c(OC)c2)cc1. The number of anilines is 1. The molecule has 2 aliphatic carbocycles. The van der Waals surface area contributed by atoms with Crippen molar-refractivity contribution >= 4 is 52.5 Å². The topological polar surface area (TPSA) is 135 Å². The third kappa shape index (κ3) is 5.62. The van der Waals surface area contributed by atoms with Gasteiger partial charge in [-0.05, 0) is 77.9 Å². The van der Waals surface area contributed by atoms with Crippen LogP contribution in [0.4, 0.5) is 5.69 Å². The van der Waals surface area contributed by atoms with Crippen molar-refractivity contribution < 1.29 is 38.5 Å². The Kier molecular flexibility index (Phi) is 9.25. The maximum atomic E-state index is 15.5. The highest BCUT2D eigenvalue weighted by Crippen LogP contribution is 2.65. The minimum absolute atomic E-state index is 0.0908. The lowest BCUT2D eigenvalue weighted by molar-refractivity contribution is -0.142. The van der Waals surface area contributed by atoms with Crippen LogP contribution in [0.15, 0.2) is 96.6 Å². The van der Waals surface area contributed by atoms with Gasteiger partial charge in [-0.15, -0.1) is 0 Å². The van der Waals surface area contributed by atoms with Crippen molar-refractivity contribution in [1.29, 1.82) is 0 Å². The van der Waals surface area contributed by atoms with Gasteiger partial charge in [-0.25, -0.2) is 0 Å². The number of hydrogen-bond acceptors (Lipinski definition) is 9. The molecule has 2 N–H and O–H groups in total. The summed E-state index contributed by atoms with van der Waals surface area (Å²) in [4.78, 5) is 60.4. The summed E-state index contributed by atoms with van der Waals surface area (Å²) in [6, 6.07) is 24.3. The van der Waals surface area contributed by atoms with Crippen LogP contribution >= 0.6 is 23.2 Å². The van der Waals surface area contributed by atoms with Gasteiger partial charge in [0.15, 0.2) is 11.5 Å². The summed E-state index contributed by atoms with van der Waals surface area (Å²) in [6.45, 7) is 0.125. The number of phenols is 1. The highest BCUT2D eigenvalue weighted by atomic mass is 35.5. The number of ether oxygens (including phenoxy) is 3. The number of nitrogens with zero attached hydrogens (tertiary/aromatic N) is 2. The number of allylic oxidation sites excluding steroid dienone is 2. The lowest BCUT2D eigenvalue weighted by atomic mass is 9.49. The number of likely N-dealkylation sites (tertiary alicyclic amines) is 1. The smallest absolute Gasteiger partial charge is 0.260 e. The zero-order valence-corrected chi connectivity index (χ0v) is 31.6. The van der Waals surface area contributed by atoms with Gasteiger partial charge in [-0.3, -0.25) is 29.5 Å². The summed E-state index contributed by atoms with van der Waals surface area (Å²) in [5, 5.41) is 12.6. The Labute approximate surface area is 327 Å². The maximum absolute atomic E-state index is 15.5. The highest BCUT2D eigenvalue weighted by Gasteiger charge is 2.70. The first-order valence-corrected chi connectivity index (χ1v) is 18.6. The average Bonchev–Trinajstić information content (AvgIpc) is 3.56. The predicted molar refractivity (Wildman–Crippen MR) is 204 cm³/mol. The highest BCUT2D eigenvalue weighted by molar-refractivity contribution is 6.36. The lowest BCUT2D eigenvalue weighted by Crippen LogP contribution is -2.53. The fraction of sp³-hybridized carbons (Fsp3) is 0.286. The van der Waals surface area contributed by atoms with Crippen molar-refractivity contribution in [2.24, 2.45) is 23.7 Å². The van der Waals surface area contributed by atoms with Gasteiger partial charge in [0.25, 0.3) is 11.8 Å². The van der Waals surface area contributed by atoms with Gasteiger partial charge < -0.3 is 19.3 Å². The van der Waals surface area contributed by atoms with E-state index >= 15 is 9.59 Å². The normalized spacial score (nSPS) is 25.6. The number of carbonyl (C=O) groups excluding carboxylic acids is 4. The number of fused-ring (bicyclic) bond motifs is 4. The van der Waals surface area contributed by atoms with E-state index in [1.54, 1.807) is 48.5 Å². The first-order valence-electron chi connectivity index (χ1n) is 17.8. The quantitative estimate of drug-likeness (QED) is 0.137. The van der Waals surface area contributed by atoms with Gasteiger partial charge in [0.1, 0.15) is 5.75 Å². The molecule has 2 aliphatic heterocycles. The van der Waals surface area contributed by atoms with E-state index in [0.29, 0.717) is 21.9 Å². The second-order valence-corrected chi connectivity index (χ2v) is 15.1. The number of amides is 4. The van der Waals surface area contributed by atoms with E-state index in [-0.39, 0.29) is 59.2 Å². The minimum atomic E-state index is -1.60. The number of aromatic hydroxyl groups is 1. The Morgan fingerprint density at radius 1 is 0.818 bits per heavy atom. The van der Waals surface area contributed by atoms with E-state index in [9.17, 15) is 14.7 Å². The van der Waals surface area contributed by atoms with E-state index in [1.807, 2.05) is 36.4 Å². The zero-order valence-electron chi connectivity index (χ0n) is 30.1. The molecule has 0 aromatic heterocycles. The minimum Gasteiger partial charge on any atom is -0.502 e. The second-order valence-electron chi connectivity index (χ2n) is 14.2. The first-order chi connectivity index (χ1) is 26.5. The molecule has 0 radical (unpaired) electrons. The van der Waals surface area contributed by atoms with Crippen molar-refractivity contribution in [1.82, 2.24) is 9.91 Å². The second kappa shape index (κ2) is 14.0. The number of nitrogens with one attached hydrogen (secondary N) is 1. The van der Waals surface area contributed by atoms with Crippen LogP contribution in [0.5, 0.6) is 23.0 Å². The molecule has 0 spiro atoms. The van der Waals surface area contributed by atoms with Crippen molar-refractivity contribution in [3.8, 4) is 23.0 Å². The number of hydrazine groups is 1. The summed E-state index contributed by atoms with van der Waals surface area (Å²) >= 11 is 12.8. The third-order valence-corrected chi connectivity index (χ3v) is 12.2. The Bertz CT molecular complexity index is 2240. The molecule has 2 heterocycles. The van der Waals surface area contributed by atoms with Gasteiger partial charge in [0.2, 0.25) is 17.6 Å². The van der Waals surface area contributed by atoms with Crippen molar-refractivity contribution in [3.63, 3.8) is 0 Å². The van der Waals surface area contributed by atoms with Crippen LogP contribution in [0.1, 0.15) is 35.4 Å². The fourth-order valence-corrected chi connectivity index (χ4v) is 9.74. The van der Waals surface area contributed by atoms with Gasteiger partial charge in [-0.1, -0.05) is 77.3 Å². The van der Waals surface area contributed by atoms with E-state index in [1.165, 1.54) is 32.3 Å². The molecule has 55 heavy (non-hydrogen) atoms. The molecule has 13 heteroatoms. The summed E-state index contributed by atoms with van der Waals surface area (Å²) < 4.78 is 16.7. The van der Waals surface area contributed by atoms with Crippen molar-refractivity contribution in [2.45, 2.75) is 30.7 Å². The molecular formula is C42H37Cl2N3O8. The molecule has 4 aromatic carbocycles. The predicted octanol–water partition coefficient (Wildman–Crippen LogP) is 6.91. The Balaban J connectivity index is 1.34. The molecular weight excluding hydrogens is 745 g/mol. The van der Waals surface area contributed by atoms with E-state index in [0.717, 1.165) is 16.1 Å². The molecule has 11 nitrogen and oxygen atoms in total. The van der Waals surface area contributed by atoms with Gasteiger partial charge >= 0.3 is 0 Å². The number of rotatable bonds is 9. The van der Waals surface area contributed by atoms with Crippen LogP contribution in [-0.2, 0) is 31.1 Å². The Morgan fingerprint density at radius 3 is 2.15 bits per heavy atom. The Morgan fingerprint density at radius 2 is 1.51 bits per heavy atom. The largest absolute Gasteiger partial charge is 0.502 e. The van der Waals surface area contributed by atoms with Crippen LogP contribution in [-0.4, -0.2) is 60.0 Å². The number of halogens is 2. The third-order valence-electron chi connectivity index (χ3n) is 11.7. The monoisotopic (exact) mass is 781 g/mol. The summed E-state index contributed by atoms with van der Waals surface area (Å²) in [5.41, 5.74) is 4.26. The zero-order chi connectivity index (χ0) is 38.8. The first kappa shape index (κ1) is 36.5. The van der Waals surface area contributed by atoms with Crippen LogP contribution in [0.3, 0.4) is 0 Å². The average molecular weight is 783 g/mol. The molecule has 6 unspecified atom stereocenters. The van der Waals surface area contributed by atoms with Crippen LogP contribution in [0.2, 0.25) is 10.0 Å². The molecule has 282 valence electrons. The number of carbonyl (C=O) groups is 4. The van der Waals surface area contributed by atoms with Crippen molar-refractivity contribution in [3.05, 3.63) is 123 Å². The van der Waals surface area contributed by atoms with Crippen LogP contribution in [0.25, 0.3) is 0 Å². The number of imide groups is 2. The molecule has 1 saturated carbocycles. The summed E-state index contributed by atoms with van der Waals surface area (Å²) in [6.07, 6.45) is 2.31. The number of hydrogen-bond donors (Lipinski definition) is 2. The maximum Gasteiger partial charge on any atom is 0.260 e. The molecule has 3 fully saturated rings. The van der Waals surface area contributed by atoms with Crippen molar-refractivity contribution in [2.75, 3.05) is 26.8 Å². The lowest BCUT2D eigenvalue weighted by Gasteiger charge is -2.50. The number of phenolic OH excluding ortho intramolecular Hbond substituents is 1. The van der Waals surface area contributed by atoms with E-state index in [2.05, 4.69) is 5.43 Å². The molecule has 0 bridgehead atoms. The summed E-state index contributed by atoms with van der Waals surface area (Å²) in [7, 11) is 4.35. The molecule has 8 rings (SSSR count). The molecule has 6 atom stereocenters. The van der Waals surface area contributed by atoms with Gasteiger partial charge in [-0.2, -0.15) is 5.01 Å². The van der Waals surface area contributed by atoms with Gasteiger partial charge in [0, 0.05) is 10.9 Å². The number of methoxy groups -OCH3 is 3. The van der Waals surface area contributed by atoms with E-state index < -0.39 is 46.8 Å². The van der Waals surface area contributed by atoms with Crippen LogP contribution in [0, 0.1) is 23.7 Å². The molecule has 4 aromatic rings. The van der Waals surface area contributed by atoms with E-state index in [4.69, 9.17) is 37.4 Å². The number of benzene rings is 4. The Hall–Kier alpha value is -5.52. The fourth-order valence-electron chi connectivity index (χ4n) is 9.29. The molecule has 2 saturated heterocycles.